The SMILES string of the molecule is N=C(N)c1ccc(NCc2cccc(Oc3ccccc3)c2)cc1.NN. The second-order valence-corrected chi connectivity index (χ2v) is 5.41. The van der Waals surface area contributed by atoms with E-state index < -0.39 is 0 Å². The molecule has 0 amide bonds. The number of para-hydroxylation sites is 1. The van der Waals surface area contributed by atoms with E-state index in [4.69, 9.17) is 15.9 Å². The number of nitrogen functional groups attached to an aromatic ring is 1. The molecule has 0 atom stereocenters. The summed E-state index contributed by atoms with van der Waals surface area (Å²) in [5, 5.41) is 10.8. The molecule has 0 aliphatic heterocycles. The smallest absolute Gasteiger partial charge is 0.127 e. The van der Waals surface area contributed by atoms with Crippen LogP contribution in [0.25, 0.3) is 0 Å². The van der Waals surface area contributed by atoms with Gasteiger partial charge >= 0.3 is 0 Å². The molecule has 0 fully saturated rings. The Balaban J connectivity index is 0.00000117. The lowest BCUT2D eigenvalue weighted by molar-refractivity contribution is 0.482. The lowest BCUT2D eigenvalue weighted by Gasteiger charge is -2.10. The van der Waals surface area contributed by atoms with Crippen LogP contribution in [0.3, 0.4) is 0 Å². The van der Waals surface area contributed by atoms with E-state index in [-0.39, 0.29) is 5.84 Å². The first-order chi connectivity index (χ1) is 12.7. The van der Waals surface area contributed by atoms with Crippen LogP contribution in [0.5, 0.6) is 11.5 Å². The van der Waals surface area contributed by atoms with E-state index in [1.807, 2.05) is 72.8 Å². The fourth-order valence-electron chi connectivity index (χ4n) is 2.32. The summed E-state index contributed by atoms with van der Waals surface area (Å²) in [6.45, 7) is 0.686. The van der Waals surface area contributed by atoms with E-state index in [9.17, 15) is 0 Å². The number of nitrogens with two attached hydrogens (primary N) is 3. The highest BCUT2D eigenvalue weighted by molar-refractivity contribution is 5.95. The van der Waals surface area contributed by atoms with Crippen LogP contribution in [-0.4, -0.2) is 5.84 Å². The van der Waals surface area contributed by atoms with Crippen molar-refractivity contribution < 1.29 is 4.74 Å². The molecule has 3 aromatic rings. The predicted octanol–water partition coefficient (Wildman–Crippen LogP) is 3.19. The molecule has 0 bridgehead atoms. The van der Waals surface area contributed by atoms with Crippen molar-refractivity contribution in [2.24, 2.45) is 17.4 Å². The highest BCUT2D eigenvalue weighted by atomic mass is 16.5. The average molecular weight is 349 g/mol. The molecule has 6 heteroatoms. The monoisotopic (exact) mass is 349 g/mol. The lowest BCUT2D eigenvalue weighted by atomic mass is 10.1. The maximum Gasteiger partial charge on any atom is 0.127 e. The zero-order valence-electron chi connectivity index (χ0n) is 14.4. The molecule has 0 unspecified atom stereocenters. The molecular formula is C20H23N5O. The molecule has 0 aromatic heterocycles. The Morgan fingerprint density at radius 1 is 0.846 bits per heavy atom. The molecular weight excluding hydrogens is 326 g/mol. The molecule has 8 N–H and O–H groups in total. The van der Waals surface area contributed by atoms with Crippen LogP contribution in [0.1, 0.15) is 11.1 Å². The van der Waals surface area contributed by atoms with Gasteiger partial charge in [-0.3, -0.25) is 17.1 Å². The largest absolute Gasteiger partial charge is 0.457 e. The Bertz CT molecular complexity index is 819. The fourth-order valence-corrected chi connectivity index (χ4v) is 2.32. The van der Waals surface area contributed by atoms with E-state index >= 15 is 0 Å². The number of hydrogen-bond donors (Lipinski definition) is 5. The number of hydrazine groups is 1. The zero-order valence-corrected chi connectivity index (χ0v) is 14.4. The number of hydrogen-bond acceptors (Lipinski definition) is 5. The second kappa shape index (κ2) is 9.83. The van der Waals surface area contributed by atoms with Gasteiger partial charge in [0.2, 0.25) is 0 Å². The Morgan fingerprint density at radius 2 is 1.50 bits per heavy atom. The Labute approximate surface area is 153 Å². The molecule has 0 saturated heterocycles. The molecule has 6 nitrogen and oxygen atoms in total. The highest BCUT2D eigenvalue weighted by Crippen LogP contribution is 2.22. The number of nitrogens with one attached hydrogen (secondary N) is 2. The lowest BCUT2D eigenvalue weighted by Crippen LogP contribution is -2.10. The molecule has 0 saturated carbocycles. The molecule has 26 heavy (non-hydrogen) atoms. The molecule has 134 valence electrons. The summed E-state index contributed by atoms with van der Waals surface area (Å²) in [6.07, 6.45) is 0. The molecule has 0 radical (unpaired) electrons. The minimum atomic E-state index is 0.0762. The summed E-state index contributed by atoms with van der Waals surface area (Å²) < 4.78 is 5.85. The van der Waals surface area contributed by atoms with Gasteiger partial charge in [-0.25, -0.2) is 0 Å². The summed E-state index contributed by atoms with van der Waals surface area (Å²) in [4.78, 5) is 0. The van der Waals surface area contributed by atoms with E-state index in [2.05, 4.69) is 23.1 Å². The minimum Gasteiger partial charge on any atom is -0.457 e. The molecule has 0 spiro atoms. The molecule has 3 rings (SSSR count). The predicted molar refractivity (Wildman–Crippen MR) is 106 cm³/mol. The number of amidine groups is 1. The Morgan fingerprint density at radius 3 is 2.15 bits per heavy atom. The van der Waals surface area contributed by atoms with E-state index in [1.54, 1.807) is 0 Å². The Hall–Kier alpha value is -3.35. The summed E-state index contributed by atoms with van der Waals surface area (Å²) in [5.74, 6) is 9.71. The zero-order chi connectivity index (χ0) is 18.8. The highest BCUT2D eigenvalue weighted by Gasteiger charge is 2.00. The van der Waals surface area contributed by atoms with Crippen molar-refractivity contribution in [2.45, 2.75) is 6.54 Å². The van der Waals surface area contributed by atoms with Gasteiger partial charge in [0.15, 0.2) is 0 Å². The third kappa shape index (κ3) is 5.62. The second-order valence-electron chi connectivity index (χ2n) is 5.41. The third-order valence-corrected chi connectivity index (χ3v) is 3.57. The summed E-state index contributed by atoms with van der Waals surface area (Å²) in [5.41, 5.74) is 8.28. The number of rotatable bonds is 6. The normalized spacial score (nSPS) is 9.62. The van der Waals surface area contributed by atoms with Gasteiger partial charge in [0, 0.05) is 17.8 Å². The van der Waals surface area contributed by atoms with Crippen molar-refractivity contribution in [1.82, 2.24) is 0 Å². The van der Waals surface area contributed by atoms with Crippen LogP contribution in [-0.2, 0) is 6.54 Å². The van der Waals surface area contributed by atoms with Gasteiger partial charge in [-0.05, 0) is 54.1 Å². The average Bonchev–Trinajstić information content (AvgIpc) is 2.69. The van der Waals surface area contributed by atoms with Crippen molar-refractivity contribution in [2.75, 3.05) is 5.32 Å². The Kier molecular flexibility index (Phi) is 7.17. The quantitative estimate of drug-likeness (QED) is 0.202. The first-order valence-electron chi connectivity index (χ1n) is 8.04. The van der Waals surface area contributed by atoms with E-state index in [0.29, 0.717) is 6.54 Å². The van der Waals surface area contributed by atoms with Gasteiger partial charge in [-0.1, -0.05) is 30.3 Å². The van der Waals surface area contributed by atoms with Gasteiger partial charge in [-0.15, -0.1) is 0 Å². The number of benzene rings is 3. The first-order valence-corrected chi connectivity index (χ1v) is 8.04. The standard InChI is InChI=1S/C20H19N3O.H4N2/c21-20(22)16-9-11-17(12-10-16)23-14-15-5-4-8-19(13-15)24-18-6-2-1-3-7-18;1-2/h1-13,23H,14H2,(H3,21,22);1-2H2. The fraction of sp³-hybridized carbons (Fsp3) is 0.0500. The molecule has 0 aliphatic carbocycles. The number of anilines is 1. The summed E-state index contributed by atoms with van der Waals surface area (Å²) >= 11 is 0. The molecule has 0 aliphatic rings. The van der Waals surface area contributed by atoms with E-state index in [0.717, 1.165) is 28.3 Å². The van der Waals surface area contributed by atoms with Crippen LogP contribution in [0.2, 0.25) is 0 Å². The third-order valence-electron chi connectivity index (χ3n) is 3.57. The number of ether oxygens (including phenoxy) is 1. The van der Waals surface area contributed by atoms with Crippen molar-refractivity contribution in [3.63, 3.8) is 0 Å². The van der Waals surface area contributed by atoms with Gasteiger partial charge in [0.1, 0.15) is 17.3 Å². The maximum absolute atomic E-state index is 7.40. The summed E-state index contributed by atoms with van der Waals surface area (Å²) in [6, 6.07) is 25.2. The van der Waals surface area contributed by atoms with Crippen molar-refractivity contribution in [3.05, 3.63) is 90.0 Å². The van der Waals surface area contributed by atoms with Gasteiger partial charge in [0.25, 0.3) is 0 Å². The maximum atomic E-state index is 7.40. The van der Waals surface area contributed by atoms with Crippen LogP contribution in [0, 0.1) is 5.41 Å². The summed E-state index contributed by atoms with van der Waals surface area (Å²) in [7, 11) is 0. The molecule has 0 heterocycles. The van der Waals surface area contributed by atoms with Crippen LogP contribution >= 0.6 is 0 Å². The van der Waals surface area contributed by atoms with E-state index in [1.165, 1.54) is 0 Å². The van der Waals surface area contributed by atoms with Gasteiger partial charge in [-0.2, -0.15) is 0 Å². The van der Waals surface area contributed by atoms with Crippen LogP contribution in [0.15, 0.2) is 78.9 Å². The van der Waals surface area contributed by atoms with Crippen molar-refractivity contribution in [1.29, 1.82) is 5.41 Å². The van der Waals surface area contributed by atoms with Crippen molar-refractivity contribution in [3.8, 4) is 11.5 Å². The topological polar surface area (TPSA) is 123 Å². The van der Waals surface area contributed by atoms with Crippen LogP contribution < -0.4 is 27.5 Å². The van der Waals surface area contributed by atoms with Gasteiger partial charge < -0.3 is 15.8 Å². The van der Waals surface area contributed by atoms with Crippen molar-refractivity contribution >= 4 is 11.5 Å². The van der Waals surface area contributed by atoms with Crippen LogP contribution in [0.4, 0.5) is 5.69 Å². The van der Waals surface area contributed by atoms with Gasteiger partial charge in [0.05, 0.1) is 0 Å². The first kappa shape index (κ1) is 19.0. The molecule has 3 aromatic carbocycles. The minimum absolute atomic E-state index is 0.0762.